The maximum absolute atomic E-state index is 7.51. The van der Waals surface area contributed by atoms with Crippen molar-refractivity contribution in [2.45, 2.75) is 51.4 Å². The first-order valence-electron chi connectivity index (χ1n) is 8.44. The number of nitrogens with zero attached hydrogens (tertiary/aromatic N) is 2. The molecule has 2 rings (SSSR count). The quantitative estimate of drug-likeness (QED) is 0.238. The maximum Gasteiger partial charge on any atom is 0.0905 e. The van der Waals surface area contributed by atoms with Crippen LogP contribution in [0.2, 0.25) is 0 Å². The van der Waals surface area contributed by atoms with Gasteiger partial charge in [-0.05, 0) is 51.4 Å². The molecular formula is C22H30N2Ni2. The summed E-state index contributed by atoms with van der Waals surface area (Å²) >= 11 is 0. The number of rotatable bonds is 0. The standard InChI is InChI=1S/2C8H12.2C3H3N.2Ni/c2*1-2-4-6-8-7-5-3-1;2*1-2-3-4;;/h2*1-2,7-8H,3-6H2;2*2H,1H2;;. The van der Waals surface area contributed by atoms with Crippen molar-refractivity contribution in [2.24, 2.45) is 0 Å². The Hall–Kier alpha value is -1.59. The molecule has 0 aromatic rings. The molecule has 0 spiro atoms. The SMILES string of the molecule is C1=CCCC=CCC1.C1=CCCC=CCC1.C=CC#N.C=CC#N.[Ni].[Ni]. The van der Waals surface area contributed by atoms with Gasteiger partial charge in [-0.2, -0.15) is 10.5 Å². The Balaban J connectivity index is -0.000000128. The first-order chi connectivity index (χ1) is 11.8. The average molecular weight is 440 g/mol. The topological polar surface area (TPSA) is 47.6 Å². The predicted octanol–water partition coefficient (Wildman–Crippen LogP) is 6.73. The van der Waals surface area contributed by atoms with Crippen LogP contribution in [0, 0.1) is 22.7 Å². The van der Waals surface area contributed by atoms with E-state index in [4.69, 9.17) is 10.5 Å². The number of allylic oxidation sites excluding steroid dienone is 10. The molecule has 0 atom stereocenters. The van der Waals surface area contributed by atoms with E-state index in [1.54, 1.807) is 12.1 Å². The van der Waals surface area contributed by atoms with Crippen molar-refractivity contribution in [3.8, 4) is 12.1 Å². The first kappa shape index (κ1) is 32.1. The zero-order valence-corrected chi connectivity index (χ0v) is 17.3. The molecule has 0 unspecified atom stereocenters. The van der Waals surface area contributed by atoms with E-state index in [1.165, 1.54) is 63.5 Å². The van der Waals surface area contributed by atoms with Gasteiger partial charge in [0, 0.05) is 45.1 Å². The monoisotopic (exact) mass is 438 g/mol. The minimum atomic E-state index is 0. The molecule has 2 aliphatic carbocycles. The molecule has 0 saturated carbocycles. The Morgan fingerprint density at radius 1 is 0.500 bits per heavy atom. The molecule has 0 N–H and O–H groups in total. The Morgan fingerprint density at radius 2 is 0.615 bits per heavy atom. The summed E-state index contributed by atoms with van der Waals surface area (Å²) < 4.78 is 0. The van der Waals surface area contributed by atoms with Gasteiger partial charge in [0.15, 0.2) is 0 Å². The fourth-order valence-corrected chi connectivity index (χ4v) is 1.71. The van der Waals surface area contributed by atoms with E-state index in [9.17, 15) is 0 Å². The molecule has 2 nitrogen and oxygen atoms in total. The van der Waals surface area contributed by atoms with Crippen LogP contribution in [-0.4, -0.2) is 0 Å². The summed E-state index contributed by atoms with van der Waals surface area (Å²) in [5.41, 5.74) is 0. The second-order valence-electron chi connectivity index (χ2n) is 4.86. The van der Waals surface area contributed by atoms with Crippen molar-refractivity contribution in [1.29, 1.82) is 10.5 Å². The predicted molar refractivity (Wildman–Crippen MR) is 105 cm³/mol. The summed E-state index contributed by atoms with van der Waals surface area (Å²) in [6.07, 6.45) is 30.4. The number of hydrogen-bond acceptors (Lipinski definition) is 2. The third kappa shape index (κ3) is 38.1. The summed E-state index contributed by atoms with van der Waals surface area (Å²) in [6, 6.07) is 3.39. The largest absolute Gasteiger partial charge is 0.193 e. The fourth-order valence-electron chi connectivity index (χ4n) is 1.71. The van der Waals surface area contributed by atoms with Crippen LogP contribution in [0.15, 0.2) is 73.9 Å². The molecule has 0 radical (unpaired) electrons. The Kier molecular flexibility index (Phi) is 42.8. The van der Waals surface area contributed by atoms with Crippen molar-refractivity contribution in [3.05, 3.63) is 73.9 Å². The van der Waals surface area contributed by atoms with E-state index < -0.39 is 0 Å². The van der Waals surface area contributed by atoms with Crippen molar-refractivity contribution in [2.75, 3.05) is 0 Å². The first-order valence-corrected chi connectivity index (χ1v) is 8.44. The van der Waals surface area contributed by atoms with Gasteiger partial charge >= 0.3 is 0 Å². The van der Waals surface area contributed by atoms with Gasteiger partial charge in [-0.15, -0.1) is 0 Å². The normalized spacial score (nSPS) is 13.5. The van der Waals surface area contributed by atoms with E-state index in [1.807, 2.05) is 0 Å². The molecule has 148 valence electrons. The van der Waals surface area contributed by atoms with Gasteiger partial charge in [0.25, 0.3) is 0 Å². The molecule has 0 aromatic carbocycles. The molecular weight excluding hydrogens is 410 g/mol. The van der Waals surface area contributed by atoms with Gasteiger partial charge in [-0.25, -0.2) is 0 Å². The molecule has 2 aliphatic rings. The van der Waals surface area contributed by atoms with Gasteiger partial charge in [-0.3, -0.25) is 0 Å². The van der Waals surface area contributed by atoms with Crippen LogP contribution in [0.5, 0.6) is 0 Å². The smallest absolute Gasteiger partial charge is 0.0905 e. The third-order valence-corrected chi connectivity index (χ3v) is 2.85. The van der Waals surface area contributed by atoms with E-state index in [2.05, 4.69) is 61.8 Å². The molecule has 0 aromatic heterocycles. The van der Waals surface area contributed by atoms with Crippen LogP contribution >= 0.6 is 0 Å². The Morgan fingerprint density at radius 3 is 0.692 bits per heavy atom. The van der Waals surface area contributed by atoms with Crippen LogP contribution in [0.1, 0.15) is 51.4 Å². The summed E-state index contributed by atoms with van der Waals surface area (Å²) in [7, 11) is 0. The van der Waals surface area contributed by atoms with Crippen LogP contribution in [0.4, 0.5) is 0 Å². The zero-order valence-electron chi connectivity index (χ0n) is 15.4. The van der Waals surface area contributed by atoms with Crippen molar-refractivity contribution >= 4 is 0 Å². The second kappa shape index (κ2) is 34.7. The van der Waals surface area contributed by atoms with Crippen LogP contribution in [0.3, 0.4) is 0 Å². The molecule has 0 bridgehead atoms. The minimum absolute atomic E-state index is 0. The van der Waals surface area contributed by atoms with E-state index >= 15 is 0 Å². The maximum atomic E-state index is 7.51. The van der Waals surface area contributed by atoms with Gasteiger partial charge in [0.2, 0.25) is 0 Å². The van der Waals surface area contributed by atoms with Crippen LogP contribution < -0.4 is 0 Å². The van der Waals surface area contributed by atoms with Crippen molar-refractivity contribution in [3.63, 3.8) is 0 Å². The molecule has 26 heavy (non-hydrogen) atoms. The molecule has 0 aliphatic heterocycles. The van der Waals surface area contributed by atoms with Crippen molar-refractivity contribution < 1.29 is 33.0 Å². The van der Waals surface area contributed by atoms with Crippen LogP contribution in [-0.2, 0) is 33.0 Å². The summed E-state index contributed by atoms with van der Waals surface area (Å²) in [5, 5.41) is 15.0. The summed E-state index contributed by atoms with van der Waals surface area (Å²) in [6.45, 7) is 6.24. The van der Waals surface area contributed by atoms with Crippen molar-refractivity contribution in [1.82, 2.24) is 0 Å². The van der Waals surface area contributed by atoms with E-state index in [0.29, 0.717) is 0 Å². The molecule has 0 heterocycles. The van der Waals surface area contributed by atoms with Gasteiger partial charge < -0.3 is 0 Å². The molecule has 0 fully saturated rings. The number of nitriles is 2. The van der Waals surface area contributed by atoms with Gasteiger partial charge in [0.1, 0.15) is 0 Å². The minimum Gasteiger partial charge on any atom is -0.193 e. The van der Waals surface area contributed by atoms with Gasteiger partial charge in [0.05, 0.1) is 12.1 Å². The van der Waals surface area contributed by atoms with Crippen LogP contribution in [0.25, 0.3) is 0 Å². The van der Waals surface area contributed by atoms with E-state index in [0.717, 1.165) is 0 Å². The summed E-state index contributed by atoms with van der Waals surface area (Å²) in [5.74, 6) is 0. The molecule has 0 saturated heterocycles. The number of hydrogen-bond donors (Lipinski definition) is 0. The average Bonchev–Trinajstić information content (AvgIpc) is 2.55. The molecule has 4 heteroatoms. The Labute approximate surface area is 180 Å². The van der Waals surface area contributed by atoms with E-state index in [-0.39, 0.29) is 33.0 Å². The fraction of sp³-hybridized carbons (Fsp3) is 0.364. The summed E-state index contributed by atoms with van der Waals surface area (Å²) in [4.78, 5) is 0. The second-order valence-corrected chi connectivity index (χ2v) is 4.86. The Bertz CT molecular complexity index is 391. The third-order valence-electron chi connectivity index (χ3n) is 2.85. The molecule has 0 amide bonds. The zero-order chi connectivity index (χ0) is 18.1. The van der Waals surface area contributed by atoms with Gasteiger partial charge in [-0.1, -0.05) is 61.8 Å².